The molecule has 1 saturated carbocycles. The predicted molar refractivity (Wildman–Crippen MR) is 102 cm³/mol. The quantitative estimate of drug-likeness (QED) is 0.603. The van der Waals surface area contributed by atoms with E-state index in [1.54, 1.807) is 12.4 Å². The Morgan fingerprint density at radius 1 is 1.15 bits per heavy atom. The highest BCUT2D eigenvalue weighted by atomic mass is 16.3. The zero-order valence-electron chi connectivity index (χ0n) is 14.7. The summed E-state index contributed by atoms with van der Waals surface area (Å²) in [5.74, 6) is 1.24. The molecule has 2 heterocycles. The van der Waals surface area contributed by atoms with Gasteiger partial charge < -0.3 is 20.8 Å². The number of anilines is 2. The fourth-order valence-electron chi connectivity index (χ4n) is 3.10. The lowest BCUT2D eigenvalue weighted by molar-refractivity contribution is 0.126. The molecule has 1 aliphatic rings. The van der Waals surface area contributed by atoms with Crippen molar-refractivity contribution in [1.29, 1.82) is 0 Å². The van der Waals surface area contributed by atoms with E-state index in [0.717, 1.165) is 42.5 Å². The average molecular weight is 355 g/mol. The number of nitrogens with one attached hydrogen (secondary N) is 2. The van der Waals surface area contributed by atoms with Gasteiger partial charge in [-0.3, -0.25) is 0 Å². The molecule has 0 amide bonds. The Balaban J connectivity index is 1.74. The van der Waals surface area contributed by atoms with Crippen LogP contribution in [0, 0.1) is 0 Å². The summed E-state index contributed by atoms with van der Waals surface area (Å²) >= 11 is 0. The van der Waals surface area contributed by atoms with Gasteiger partial charge in [-0.25, -0.2) is 15.0 Å². The molecule has 0 bridgehead atoms. The number of hydrogen-bond acceptors (Lipinski definition) is 7. The molecule has 0 spiro atoms. The summed E-state index contributed by atoms with van der Waals surface area (Å²) in [5.41, 5.74) is 2.30. The van der Waals surface area contributed by atoms with Crippen LogP contribution in [0.5, 0.6) is 0 Å². The van der Waals surface area contributed by atoms with E-state index in [0.29, 0.717) is 18.3 Å². The van der Waals surface area contributed by atoms with E-state index in [-0.39, 0.29) is 18.8 Å². The minimum absolute atomic E-state index is 0.0279. The maximum atomic E-state index is 9.63. The predicted octanol–water partition coefficient (Wildman–Crippen LogP) is 2.05. The maximum absolute atomic E-state index is 9.63. The average Bonchev–Trinajstić information content (AvgIpc) is 2.68. The molecule has 1 aliphatic carbocycles. The van der Waals surface area contributed by atoms with E-state index >= 15 is 0 Å². The van der Waals surface area contributed by atoms with Gasteiger partial charge in [0, 0.05) is 36.1 Å². The number of nitrogens with zero attached hydrogens (tertiary/aromatic N) is 3. The highest BCUT2D eigenvalue weighted by Crippen LogP contribution is 2.26. The van der Waals surface area contributed by atoms with Crippen molar-refractivity contribution in [2.45, 2.75) is 37.8 Å². The Labute approximate surface area is 153 Å². The summed E-state index contributed by atoms with van der Waals surface area (Å²) in [6, 6.07) is 5.87. The first kappa shape index (κ1) is 18.3. The Morgan fingerprint density at radius 3 is 2.73 bits per heavy atom. The van der Waals surface area contributed by atoms with Crippen molar-refractivity contribution < 1.29 is 10.2 Å². The Morgan fingerprint density at radius 2 is 1.96 bits per heavy atom. The molecular formula is C19H25N5O2. The number of aliphatic hydroxyl groups is 2. The third-order valence-electron chi connectivity index (χ3n) is 4.53. The third kappa shape index (κ3) is 4.56. The highest BCUT2D eigenvalue weighted by molar-refractivity contribution is 5.82. The van der Waals surface area contributed by atoms with Crippen molar-refractivity contribution in [1.82, 2.24) is 15.0 Å². The SMILES string of the molecule is C=C(c1ccnc(NC2CCC(O)CC2)n1)c1cccnc1NCCO. The molecule has 7 heteroatoms. The number of aromatic nitrogens is 3. The second kappa shape index (κ2) is 8.73. The zero-order chi connectivity index (χ0) is 18.4. The highest BCUT2D eigenvalue weighted by Gasteiger charge is 2.20. The van der Waals surface area contributed by atoms with Crippen LogP contribution < -0.4 is 10.6 Å². The number of aliphatic hydroxyl groups excluding tert-OH is 2. The molecule has 26 heavy (non-hydrogen) atoms. The molecule has 2 aromatic heterocycles. The maximum Gasteiger partial charge on any atom is 0.223 e. The third-order valence-corrected chi connectivity index (χ3v) is 4.53. The lowest BCUT2D eigenvalue weighted by Crippen LogP contribution is -2.29. The second-order valence-electron chi connectivity index (χ2n) is 6.44. The van der Waals surface area contributed by atoms with Crippen molar-refractivity contribution in [3.05, 3.63) is 48.4 Å². The largest absolute Gasteiger partial charge is 0.395 e. The van der Waals surface area contributed by atoms with Gasteiger partial charge in [-0.2, -0.15) is 0 Å². The first-order valence-corrected chi connectivity index (χ1v) is 8.94. The van der Waals surface area contributed by atoms with Gasteiger partial charge in [0.15, 0.2) is 0 Å². The summed E-state index contributed by atoms with van der Waals surface area (Å²) in [4.78, 5) is 13.2. The van der Waals surface area contributed by atoms with Crippen LogP contribution in [-0.2, 0) is 0 Å². The normalized spacial score (nSPS) is 19.8. The molecule has 4 N–H and O–H groups in total. The molecule has 0 aromatic carbocycles. The molecule has 0 radical (unpaired) electrons. The molecule has 0 unspecified atom stereocenters. The second-order valence-corrected chi connectivity index (χ2v) is 6.44. The van der Waals surface area contributed by atoms with Crippen molar-refractivity contribution in [2.75, 3.05) is 23.8 Å². The lowest BCUT2D eigenvalue weighted by atomic mass is 9.93. The van der Waals surface area contributed by atoms with Gasteiger partial charge in [-0.1, -0.05) is 6.58 Å². The summed E-state index contributed by atoms with van der Waals surface area (Å²) < 4.78 is 0. The van der Waals surface area contributed by atoms with Crippen molar-refractivity contribution in [2.24, 2.45) is 0 Å². The Bertz CT molecular complexity index is 744. The van der Waals surface area contributed by atoms with E-state index in [9.17, 15) is 5.11 Å². The van der Waals surface area contributed by atoms with E-state index in [1.807, 2.05) is 18.2 Å². The van der Waals surface area contributed by atoms with Gasteiger partial charge in [0.1, 0.15) is 5.82 Å². The molecule has 7 nitrogen and oxygen atoms in total. The van der Waals surface area contributed by atoms with Gasteiger partial charge in [-0.05, 0) is 43.9 Å². The standard InChI is InChI=1S/C19H25N5O2/c1-13(16-3-2-9-20-18(16)21-11-12-25)17-8-10-22-19(24-17)23-14-4-6-15(26)7-5-14/h2-3,8-10,14-15,25-26H,1,4-7,11-12H2,(H,20,21)(H,22,23,24). The van der Waals surface area contributed by atoms with E-state index < -0.39 is 0 Å². The fraction of sp³-hybridized carbons (Fsp3) is 0.421. The van der Waals surface area contributed by atoms with E-state index in [1.165, 1.54) is 0 Å². The van der Waals surface area contributed by atoms with Crippen LogP contribution in [0.1, 0.15) is 36.9 Å². The summed E-state index contributed by atoms with van der Waals surface area (Å²) in [6.07, 6.45) is 6.65. The molecule has 0 aliphatic heterocycles. The van der Waals surface area contributed by atoms with Crippen molar-refractivity contribution >= 4 is 17.3 Å². The van der Waals surface area contributed by atoms with Gasteiger partial charge in [0.25, 0.3) is 0 Å². The van der Waals surface area contributed by atoms with Crippen LogP contribution in [0.15, 0.2) is 37.2 Å². The molecule has 0 atom stereocenters. The monoisotopic (exact) mass is 355 g/mol. The van der Waals surface area contributed by atoms with E-state index in [4.69, 9.17) is 5.11 Å². The smallest absolute Gasteiger partial charge is 0.223 e. The summed E-state index contributed by atoms with van der Waals surface area (Å²) in [7, 11) is 0. The molecular weight excluding hydrogens is 330 g/mol. The molecule has 138 valence electrons. The molecule has 3 rings (SSSR count). The molecule has 0 saturated heterocycles. The number of pyridine rings is 1. The molecule has 1 fully saturated rings. The first-order valence-electron chi connectivity index (χ1n) is 8.94. The van der Waals surface area contributed by atoms with Gasteiger partial charge >= 0.3 is 0 Å². The first-order chi connectivity index (χ1) is 12.7. The summed E-state index contributed by atoms with van der Waals surface area (Å²) in [6.45, 7) is 4.61. The topological polar surface area (TPSA) is 103 Å². The minimum Gasteiger partial charge on any atom is -0.395 e. The number of hydrogen-bond donors (Lipinski definition) is 4. The summed E-state index contributed by atoms with van der Waals surface area (Å²) in [5, 5.41) is 25.1. The van der Waals surface area contributed by atoms with Gasteiger partial charge in [0.2, 0.25) is 5.95 Å². The van der Waals surface area contributed by atoms with Crippen LogP contribution in [0.4, 0.5) is 11.8 Å². The number of rotatable bonds is 7. The molecule has 2 aromatic rings. The Kier molecular flexibility index (Phi) is 6.14. The fourth-order valence-corrected chi connectivity index (χ4v) is 3.10. The Hall–Kier alpha value is -2.51. The van der Waals surface area contributed by atoms with Gasteiger partial charge in [-0.15, -0.1) is 0 Å². The van der Waals surface area contributed by atoms with Crippen LogP contribution in [0.25, 0.3) is 5.57 Å². The van der Waals surface area contributed by atoms with Crippen LogP contribution >= 0.6 is 0 Å². The lowest BCUT2D eigenvalue weighted by Gasteiger charge is -2.26. The van der Waals surface area contributed by atoms with Crippen LogP contribution in [0.2, 0.25) is 0 Å². The zero-order valence-corrected chi connectivity index (χ0v) is 14.7. The van der Waals surface area contributed by atoms with Crippen molar-refractivity contribution in [3.8, 4) is 0 Å². The van der Waals surface area contributed by atoms with Crippen LogP contribution in [0.3, 0.4) is 0 Å². The minimum atomic E-state index is -0.185. The van der Waals surface area contributed by atoms with Gasteiger partial charge in [0.05, 0.1) is 18.4 Å². The van der Waals surface area contributed by atoms with Crippen LogP contribution in [-0.4, -0.2) is 50.5 Å². The van der Waals surface area contributed by atoms with Crippen molar-refractivity contribution in [3.63, 3.8) is 0 Å². The van der Waals surface area contributed by atoms with E-state index in [2.05, 4.69) is 32.2 Å².